The Hall–Kier alpha value is -1.82. The number of nitrogens with two attached hydrogens (primary N) is 1. The molecule has 3 N–H and O–H groups in total. The average molecular weight is 307 g/mol. The molecule has 2 aromatic rings. The first-order chi connectivity index (χ1) is 9.82. The predicted octanol–water partition coefficient (Wildman–Crippen LogP) is 3.17. The van der Waals surface area contributed by atoms with Crippen LogP contribution in [0.2, 0.25) is 0 Å². The molecule has 0 saturated carbocycles. The molecule has 0 aliphatic carbocycles. The van der Waals surface area contributed by atoms with Crippen molar-refractivity contribution in [3.05, 3.63) is 23.0 Å². The van der Waals surface area contributed by atoms with E-state index in [1.165, 1.54) is 0 Å². The van der Waals surface area contributed by atoms with Crippen molar-refractivity contribution < 1.29 is 9.53 Å². The Morgan fingerprint density at radius 2 is 2.00 bits per heavy atom. The van der Waals surface area contributed by atoms with Gasteiger partial charge in [-0.3, -0.25) is 4.79 Å². The molecule has 5 nitrogen and oxygen atoms in total. The minimum absolute atomic E-state index is 0.0443. The summed E-state index contributed by atoms with van der Waals surface area (Å²) in [4.78, 5) is 14.9. The van der Waals surface area contributed by atoms with Gasteiger partial charge < -0.3 is 20.0 Å². The fourth-order valence-electron chi connectivity index (χ4n) is 2.50. The highest BCUT2D eigenvalue weighted by Gasteiger charge is 2.25. The molecule has 0 radical (unpaired) electrons. The van der Waals surface area contributed by atoms with Crippen LogP contribution in [-0.4, -0.2) is 21.6 Å². The average Bonchev–Trinajstić information content (AvgIpc) is 2.67. The summed E-state index contributed by atoms with van der Waals surface area (Å²) < 4.78 is 8.05. The highest BCUT2D eigenvalue weighted by Crippen LogP contribution is 2.30. The second kappa shape index (κ2) is 5.89. The number of benzene rings is 1. The number of hydrogen-bond donors (Lipinski definition) is 2. The van der Waals surface area contributed by atoms with Gasteiger partial charge in [0, 0.05) is 0 Å². The third-order valence-electron chi connectivity index (χ3n) is 3.28. The number of carbonyl (C=O) groups is 1. The largest absolute Gasteiger partial charge is 0.489 e. The number of fused-ring (bicyclic) bond motifs is 1. The van der Waals surface area contributed by atoms with E-state index in [0.29, 0.717) is 4.77 Å². The topological polar surface area (TPSA) is 73.0 Å². The quantitative estimate of drug-likeness (QED) is 0.833. The standard InChI is InChI=1S/C15H21N3O2S/c1-8(2)13(14(16)19)18-10-6-5-7-11(20-9(3)4)12(10)17-15(18)21/h5-9,13H,1-4H3,(H2,16,19)(H,17,21). The van der Waals surface area contributed by atoms with Gasteiger partial charge in [-0.15, -0.1) is 0 Å². The molecule has 1 aromatic carbocycles. The summed E-state index contributed by atoms with van der Waals surface area (Å²) in [5, 5.41) is 0. The van der Waals surface area contributed by atoms with E-state index in [1.807, 2.05) is 45.9 Å². The van der Waals surface area contributed by atoms with Crippen LogP contribution in [0, 0.1) is 10.7 Å². The third kappa shape index (κ3) is 2.95. The van der Waals surface area contributed by atoms with Crippen LogP contribution >= 0.6 is 12.2 Å². The molecule has 0 fully saturated rings. The number of carbonyl (C=O) groups excluding carboxylic acids is 1. The van der Waals surface area contributed by atoms with Gasteiger partial charge in [0.15, 0.2) is 4.77 Å². The molecule has 114 valence electrons. The Labute approximate surface area is 129 Å². The summed E-state index contributed by atoms with van der Waals surface area (Å²) in [7, 11) is 0. The van der Waals surface area contributed by atoms with Crippen LogP contribution in [-0.2, 0) is 4.79 Å². The number of aromatic amines is 1. The molecule has 21 heavy (non-hydrogen) atoms. The van der Waals surface area contributed by atoms with Crippen molar-refractivity contribution >= 4 is 29.2 Å². The minimum Gasteiger partial charge on any atom is -0.489 e. The monoisotopic (exact) mass is 307 g/mol. The fourth-order valence-corrected chi connectivity index (χ4v) is 2.82. The van der Waals surface area contributed by atoms with Crippen molar-refractivity contribution in [2.45, 2.75) is 39.8 Å². The van der Waals surface area contributed by atoms with Crippen LogP contribution in [0.3, 0.4) is 0 Å². The van der Waals surface area contributed by atoms with Crippen LogP contribution in [0.5, 0.6) is 5.75 Å². The van der Waals surface area contributed by atoms with E-state index in [4.69, 9.17) is 22.7 Å². The number of hydrogen-bond acceptors (Lipinski definition) is 3. The van der Waals surface area contributed by atoms with Gasteiger partial charge in [-0.1, -0.05) is 19.9 Å². The SMILES string of the molecule is CC(C)Oc1cccc2c1[nH]c(=S)n2C(C(N)=O)C(C)C. The van der Waals surface area contributed by atoms with E-state index in [9.17, 15) is 4.79 Å². The first kappa shape index (κ1) is 15.6. The Morgan fingerprint density at radius 3 is 2.52 bits per heavy atom. The van der Waals surface area contributed by atoms with Crippen molar-refractivity contribution in [3.8, 4) is 5.75 Å². The third-order valence-corrected chi connectivity index (χ3v) is 3.58. The van der Waals surface area contributed by atoms with Crippen molar-refractivity contribution in [2.75, 3.05) is 0 Å². The second-order valence-corrected chi connectivity index (χ2v) is 6.09. The van der Waals surface area contributed by atoms with Crippen molar-refractivity contribution in [3.63, 3.8) is 0 Å². The lowest BCUT2D eigenvalue weighted by atomic mass is 10.0. The summed E-state index contributed by atoms with van der Waals surface area (Å²) >= 11 is 5.38. The molecule has 2 rings (SSSR count). The molecule has 0 aliphatic rings. The first-order valence-corrected chi connectivity index (χ1v) is 7.43. The van der Waals surface area contributed by atoms with E-state index in [-0.39, 0.29) is 12.0 Å². The molecule has 1 aromatic heterocycles. The van der Waals surface area contributed by atoms with E-state index >= 15 is 0 Å². The van der Waals surface area contributed by atoms with Crippen LogP contribution in [0.1, 0.15) is 33.7 Å². The van der Waals surface area contributed by atoms with E-state index in [1.54, 1.807) is 4.57 Å². The number of imidazole rings is 1. The molecular formula is C15H21N3O2S. The van der Waals surface area contributed by atoms with Crippen LogP contribution < -0.4 is 10.5 Å². The highest BCUT2D eigenvalue weighted by molar-refractivity contribution is 7.71. The molecule has 1 atom stereocenters. The molecule has 1 heterocycles. The molecule has 6 heteroatoms. The van der Waals surface area contributed by atoms with Crippen molar-refractivity contribution in [1.82, 2.24) is 9.55 Å². The molecule has 0 bridgehead atoms. The molecular weight excluding hydrogens is 286 g/mol. The first-order valence-electron chi connectivity index (χ1n) is 7.02. The molecule has 1 amide bonds. The Bertz CT molecular complexity index is 715. The predicted molar refractivity (Wildman–Crippen MR) is 86.0 cm³/mol. The number of nitrogens with zero attached hydrogens (tertiary/aromatic N) is 1. The van der Waals surface area contributed by atoms with Crippen LogP contribution in [0.15, 0.2) is 18.2 Å². The van der Waals surface area contributed by atoms with E-state index < -0.39 is 11.9 Å². The van der Waals surface area contributed by atoms with Gasteiger partial charge in [-0.2, -0.15) is 0 Å². The summed E-state index contributed by atoms with van der Waals surface area (Å²) in [6.07, 6.45) is 0.0537. The summed E-state index contributed by atoms with van der Waals surface area (Å²) in [5.41, 5.74) is 7.18. The highest BCUT2D eigenvalue weighted by atomic mass is 32.1. The number of amides is 1. The lowest BCUT2D eigenvalue weighted by molar-refractivity contribution is -0.122. The van der Waals surface area contributed by atoms with Gasteiger partial charge >= 0.3 is 0 Å². The van der Waals surface area contributed by atoms with Crippen molar-refractivity contribution in [2.24, 2.45) is 11.7 Å². The number of rotatable bonds is 5. The summed E-state index contributed by atoms with van der Waals surface area (Å²) in [6.45, 7) is 7.82. The number of aromatic nitrogens is 2. The zero-order valence-corrected chi connectivity index (χ0v) is 13.5. The summed E-state index contributed by atoms with van der Waals surface area (Å²) in [5.74, 6) is 0.374. The number of ether oxygens (including phenoxy) is 1. The lowest BCUT2D eigenvalue weighted by Gasteiger charge is -2.20. The van der Waals surface area contributed by atoms with Gasteiger partial charge in [0.25, 0.3) is 0 Å². The molecule has 0 spiro atoms. The Kier molecular flexibility index (Phi) is 4.37. The van der Waals surface area contributed by atoms with Crippen LogP contribution in [0.4, 0.5) is 0 Å². The minimum atomic E-state index is -0.486. The van der Waals surface area contributed by atoms with Gasteiger partial charge in [-0.25, -0.2) is 0 Å². The van der Waals surface area contributed by atoms with Gasteiger partial charge in [0.2, 0.25) is 5.91 Å². The molecule has 1 unspecified atom stereocenters. The number of nitrogens with one attached hydrogen (secondary N) is 1. The normalized spacial score (nSPS) is 13.0. The number of H-pyrrole nitrogens is 1. The number of primary amides is 1. The number of para-hydroxylation sites is 1. The second-order valence-electron chi connectivity index (χ2n) is 5.71. The van der Waals surface area contributed by atoms with E-state index in [0.717, 1.165) is 16.8 Å². The van der Waals surface area contributed by atoms with Crippen molar-refractivity contribution in [1.29, 1.82) is 0 Å². The zero-order valence-electron chi connectivity index (χ0n) is 12.7. The Balaban J connectivity index is 2.68. The van der Waals surface area contributed by atoms with E-state index in [2.05, 4.69) is 4.98 Å². The Morgan fingerprint density at radius 1 is 1.33 bits per heavy atom. The zero-order chi connectivity index (χ0) is 15.7. The maximum atomic E-state index is 11.8. The van der Waals surface area contributed by atoms with Crippen LogP contribution in [0.25, 0.3) is 11.0 Å². The smallest absolute Gasteiger partial charge is 0.240 e. The molecule has 0 aliphatic heterocycles. The maximum Gasteiger partial charge on any atom is 0.240 e. The maximum absolute atomic E-state index is 11.8. The van der Waals surface area contributed by atoms with Gasteiger partial charge in [-0.05, 0) is 44.1 Å². The lowest BCUT2D eigenvalue weighted by Crippen LogP contribution is -2.30. The van der Waals surface area contributed by atoms with Gasteiger partial charge in [0.05, 0.1) is 11.6 Å². The summed E-state index contributed by atoms with van der Waals surface area (Å²) in [6, 6.07) is 5.19. The fraction of sp³-hybridized carbons (Fsp3) is 0.467. The van der Waals surface area contributed by atoms with Gasteiger partial charge in [0.1, 0.15) is 17.3 Å². The molecule has 0 saturated heterocycles.